The molecule has 3 atom stereocenters. The molecule has 0 saturated carbocycles. The lowest BCUT2D eigenvalue weighted by molar-refractivity contribution is -0.164. The quantitative estimate of drug-likeness (QED) is 0.0985. The second-order valence-corrected chi connectivity index (χ2v) is 26.9. The Balaban J connectivity index is 0.000000293. The molecule has 0 aliphatic heterocycles. The molecule has 0 radical (unpaired) electrons. The number of carbonyl (C=O) groups excluding carboxylic acids is 2. The smallest absolute Gasteiger partial charge is 0.339 e. The van der Waals surface area contributed by atoms with Crippen molar-refractivity contribution in [3.63, 3.8) is 0 Å². The third-order valence-corrected chi connectivity index (χ3v) is 16.7. The molecule has 3 aromatic carbocycles. The number of aryl methyl sites for hydroxylation is 9. The van der Waals surface area contributed by atoms with Gasteiger partial charge in [-0.1, -0.05) is 71.2 Å². The normalized spacial score (nSPS) is 12.6. The number of ether oxygens (including phenoxy) is 5. The maximum atomic E-state index is 12.9. The van der Waals surface area contributed by atoms with E-state index in [0.29, 0.717) is 37.6 Å². The minimum absolute atomic E-state index is 0. The zero-order chi connectivity index (χ0) is 67.0. The number of fused-ring (bicyclic) bond motifs is 3. The summed E-state index contributed by atoms with van der Waals surface area (Å²) in [6.07, 6.45) is -2.95. The summed E-state index contributed by atoms with van der Waals surface area (Å²) in [4.78, 5) is 56.0. The Bertz CT molecular complexity index is 4160. The highest BCUT2D eigenvalue weighted by Crippen LogP contribution is 2.46. The standard InChI is InChI=1S/C25H31ClN2O3.C24H29ClN2O3.C23H27ClN2O3.3H2S/c1-9-28-16(4)14(2)19-21(17-10-12-18(26)13-11-17)20(15(3)27-23(19)28)22(24(29)30-8)31-25(5,6)7;1-8-27-15(4)13(2)18-20(16-9-11-17(25)12-10-16)19(14(3)26-22(18)27)21(23(28)29)30-24(5,6)7;1-12-13(2)25-21-17(12)19(15-8-10-16(24)11-9-15)18(14(3)26-21)20(22(27)28-7)29-23(4,5)6;;;/h10-13,22H,9H2,1-8H3;9-12,21H,8H2,1-7H3,(H,28,29);8-11,20H,1-7H3,(H,25,26);3*1H2/t22-;21-;20-;;;/m000.../s1. The van der Waals surface area contributed by atoms with Gasteiger partial charge in [-0.05, 0) is 208 Å². The number of aromatic amines is 1. The van der Waals surface area contributed by atoms with Gasteiger partial charge in [-0.2, -0.15) is 40.5 Å². The highest BCUT2D eigenvalue weighted by atomic mass is 35.5. The summed E-state index contributed by atoms with van der Waals surface area (Å²) in [5.41, 5.74) is 17.0. The first kappa shape index (κ1) is 79.4. The molecule has 0 amide bonds. The van der Waals surface area contributed by atoms with Crippen LogP contribution in [0.5, 0.6) is 0 Å². The molecule has 0 fully saturated rings. The maximum Gasteiger partial charge on any atom is 0.339 e. The van der Waals surface area contributed by atoms with E-state index in [4.69, 9.17) is 73.4 Å². The largest absolute Gasteiger partial charge is 0.479 e. The molecular weight excluding hydrogens is 1300 g/mol. The molecule has 0 unspecified atom stereocenters. The van der Waals surface area contributed by atoms with Crippen LogP contribution in [-0.2, 0) is 51.2 Å². The summed E-state index contributed by atoms with van der Waals surface area (Å²) in [5, 5.41) is 15.0. The van der Waals surface area contributed by atoms with Crippen LogP contribution in [0.2, 0.25) is 15.1 Å². The first-order valence-electron chi connectivity index (χ1n) is 30.2. The number of aliphatic carboxylic acids is 1. The van der Waals surface area contributed by atoms with Gasteiger partial charge in [-0.3, -0.25) is 0 Å². The molecule has 9 aromatic rings. The van der Waals surface area contributed by atoms with E-state index in [1.165, 1.54) is 14.2 Å². The van der Waals surface area contributed by atoms with Crippen LogP contribution in [0.4, 0.5) is 0 Å². The highest BCUT2D eigenvalue weighted by Gasteiger charge is 2.37. The van der Waals surface area contributed by atoms with Gasteiger partial charge in [0, 0.05) is 112 Å². The van der Waals surface area contributed by atoms with Crippen molar-refractivity contribution >= 4 is 126 Å². The van der Waals surface area contributed by atoms with Crippen LogP contribution in [0.1, 0.15) is 162 Å². The molecule has 0 aliphatic carbocycles. The molecule has 15 nitrogen and oxygen atoms in total. The van der Waals surface area contributed by atoms with Crippen molar-refractivity contribution in [3.8, 4) is 33.4 Å². The summed E-state index contributed by atoms with van der Waals surface area (Å²) >= 11 is 18.4. The Morgan fingerprint density at radius 2 is 0.763 bits per heavy atom. The summed E-state index contributed by atoms with van der Waals surface area (Å²) < 4.78 is 33.1. The number of esters is 2. The molecule has 0 bridgehead atoms. The van der Waals surface area contributed by atoms with E-state index >= 15 is 0 Å². The van der Waals surface area contributed by atoms with E-state index in [-0.39, 0.29) is 40.5 Å². The number of nitrogens with zero attached hydrogens (tertiary/aromatic N) is 5. The van der Waals surface area contributed by atoms with E-state index in [1.54, 1.807) is 0 Å². The average Bonchev–Trinajstić information content (AvgIpc) is 1.69. The van der Waals surface area contributed by atoms with E-state index in [0.717, 1.165) is 125 Å². The average molecular weight is 1390 g/mol. The number of carbonyl (C=O) groups is 3. The number of methoxy groups -OCH3 is 2. The first-order chi connectivity index (χ1) is 42.0. The Kier molecular flexibility index (Phi) is 27.0. The minimum Gasteiger partial charge on any atom is -0.479 e. The van der Waals surface area contributed by atoms with Crippen LogP contribution in [-0.4, -0.2) is 83.1 Å². The van der Waals surface area contributed by atoms with Crippen LogP contribution in [0.25, 0.3) is 66.5 Å². The predicted molar refractivity (Wildman–Crippen MR) is 394 cm³/mol. The Hall–Kier alpha value is -6.06. The minimum atomic E-state index is -1.14. The SMILES string of the molecule is CCn1c(C)c(C)c2c(-c3ccc(Cl)cc3)c([C@H](OC(C)(C)C)C(=O)O)c(C)nc21.CCn1c(C)c(C)c2c(-c3ccc(Cl)cc3)c([C@H](OC(C)(C)C)C(=O)OC)c(C)nc21.COC(=O)[C@@H](OC(C)(C)C)c1c(C)nc2[nH]c(C)c(C)c2c1-c1ccc(Cl)cc1.S.S.S. The number of rotatable bonds is 14. The van der Waals surface area contributed by atoms with Crippen LogP contribution >= 0.6 is 75.3 Å². The van der Waals surface area contributed by atoms with E-state index in [9.17, 15) is 19.5 Å². The zero-order valence-corrected chi connectivity index (χ0v) is 62.9. The van der Waals surface area contributed by atoms with Crippen molar-refractivity contribution in [2.24, 2.45) is 0 Å². The molecule has 6 aromatic heterocycles. The first-order valence-corrected chi connectivity index (χ1v) is 31.3. The predicted octanol–water partition coefficient (Wildman–Crippen LogP) is 18.7. The van der Waals surface area contributed by atoms with Crippen molar-refractivity contribution in [2.75, 3.05) is 14.2 Å². The number of pyridine rings is 3. The number of benzene rings is 3. The van der Waals surface area contributed by atoms with Crippen molar-refractivity contribution in [1.82, 2.24) is 29.1 Å². The molecule has 0 spiro atoms. The number of hydrogen-bond acceptors (Lipinski definition) is 11. The molecule has 9 rings (SSSR count). The summed E-state index contributed by atoms with van der Waals surface area (Å²) in [7, 11) is 2.75. The number of hydrogen-bond donors (Lipinski definition) is 2. The molecule has 93 heavy (non-hydrogen) atoms. The fourth-order valence-corrected chi connectivity index (χ4v) is 12.0. The van der Waals surface area contributed by atoms with Crippen molar-refractivity contribution in [3.05, 3.63) is 155 Å². The number of nitrogens with one attached hydrogen (secondary N) is 1. The van der Waals surface area contributed by atoms with Gasteiger partial charge in [0.1, 0.15) is 16.9 Å². The van der Waals surface area contributed by atoms with Gasteiger partial charge in [0.25, 0.3) is 0 Å². The van der Waals surface area contributed by atoms with Gasteiger partial charge in [0.05, 0.1) is 31.0 Å². The topological polar surface area (TPSA) is 182 Å². The summed E-state index contributed by atoms with van der Waals surface area (Å²) in [6.45, 7) is 40.9. The molecule has 2 N–H and O–H groups in total. The second kappa shape index (κ2) is 31.7. The lowest BCUT2D eigenvalue weighted by atomic mass is 9.91. The van der Waals surface area contributed by atoms with Crippen molar-refractivity contribution < 1.29 is 43.2 Å². The van der Waals surface area contributed by atoms with E-state index < -0.39 is 53.0 Å². The number of halogens is 3. The zero-order valence-electron chi connectivity index (χ0n) is 57.7. The third-order valence-electron chi connectivity index (χ3n) is 15.9. The Morgan fingerprint density at radius 3 is 1.05 bits per heavy atom. The van der Waals surface area contributed by atoms with Gasteiger partial charge in [-0.25, -0.2) is 29.3 Å². The molecule has 0 saturated heterocycles. The van der Waals surface area contributed by atoms with E-state index in [1.807, 2.05) is 170 Å². The van der Waals surface area contributed by atoms with Crippen molar-refractivity contribution in [2.45, 2.75) is 187 Å². The molecular formula is C72H93Cl3N6O9S3. The highest BCUT2D eigenvalue weighted by molar-refractivity contribution is 7.59. The summed E-state index contributed by atoms with van der Waals surface area (Å²) in [5.74, 6) is -1.93. The van der Waals surface area contributed by atoms with Crippen LogP contribution < -0.4 is 0 Å². The van der Waals surface area contributed by atoms with Gasteiger partial charge < -0.3 is 42.9 Å². The van der Waals surface area contributed by atoms with Gasteiger partial charge in [0.2, 0.25) is 0 Å². The lowest BCUT2D eigenvalue weighted by Crippen LogP contribution is -2.29. The molecule has 21 heteroatoms. The van der Waals surface area contributed by atoms with Gasteiger partial charge in [-0.15, -0.1) is 0 Å². The number of aromatic nitrogens is 6. The fourth-order valence-electron chi connectivity index (χ4n) is 11.7. The number of carboxylic acid groups (broad SMARTS) is 1. The molecule has 504 valence electrons. The Morgan fingerprint density at radius 1 is 0.473 bits per heavy atom. The lowest BCUT2D eigenvalue weighted by Gasteiger charge is -2.28. The summed E-state index contributed by atoms with van der Waals surface area (Å²) in [6, 6.07) is 22.8. The molecule has 6 heterocycles. The van der Waals surface area contributed by atoms with Crippen LogP contribution in [0, 0.1) is 62.3 Å². The fraction of sp³-hybridized carbons (Fsp3) is 0.417. The van der Waals surface area contributed by atoms with Gasteiger partial charge in [0.15, 0.2) is 18.3 Å². The molecule has 0 aliphatic rings. The van der Waals surface area contributed by atoms with Crippen molar-refractivity contribution in [1.29, 1.82) is 0 Å². The Labute approximate surface area is 584 Å². The maximum absolute atomic E-state index is 12.9. The van der Waals surface area contributed by atoms with Crippen LogP contribution in [0.15, 0.2) is 72.8 Å². The number of H-pyrrole nitrogens is 1. The second-order valence-electron chi connectivity index (χ2n) is 25.6. The third kappa shape index (κ3) is 17.3. The monoisotopic (exact) mass is 1390 g/mol. The van der Waals surface area contributed by atoms with E-state index in [2.05, 4.69) is 55.7 Å². The van der Waals surface area contributed by atoms with Gasteiger partial charge >= 0.3 is 17.9 Å². The number of carboxylic acids is 1. The van der Waals surface area contributed by atoms with Crippen LogP contribution in [0.3, 0.4) is 0 Å².